The number of para-hydroxylation sites is 1. The number of thiazole rings is 1. The Morgan fingerprint density at radius 3 is 3.05 bits per heavy atom. The molecular formula is C14H13N3O2S2. The molecule has 108 valence electrons. The van der Waals surface area contributed by atoms with E-state index in [4.69, 9.17) is 5.11 Å². The highest BCUT2D eigenvalue weighted by Gasteiger charge is 2.15. The van der Waals surface area contributed by atoms with E-state index in [0.29, 0.717) is 6.54 Å². The minimum atomic E-state index is -0.843. The lowest BCUT2D eigenvalue weighted by Gasteiger charge is -2.07. The Morgan fingerprint density at radius 1 is 1.48 bits per heavy atom. The quantitative estimate of drug-likeness (QED) is 0.732. The number of aryl methyl sites for hydroxylation is 1. The van der Waals surface area contributed by atoms with Gasteiger partial charge in [-0.2, -0.15) is 0 Å². The molecule has 3 aromatic rings. The summed E-state index contributed by atoms with van der Waals surface area (Å²) in [5, 5.41) is 12.5. The van der Waals surface area contributed by atoms with Crippen LogP contribution < -0.4 is 0 Å². The fraction of sp³-hybridized carbons (Fsp3) is 0.214. The number of aromatic nitrogens is 3. The van der Waals surface area contributed by atoms with Crippen molar-refractivity contribution in [3.63, 3.8) is 0 Å². The van der Waals surface area contributed by atoms with E-state index in [-0.39, 0.29) is 5.75 Å². The van der Waals surface area contributed by atoms with Crippen molar-refractivity contribution < 1.29 is 9.90 Å². The first kappa shape index (κ1) is 14.1. The SMILES string of the molecule is Cc1cccc2nc(SCC(=O)O)n(Cc3nccs3)c12. The van der Waals surface area contributed by atoms with Crippen molar-refractivity contribution >= 4 is 40.1 Å². The molecule has 0 amide bonds. The summed E-state index contributed by atoms with van der Waals surface area (Å²) < 4.78 is 2.05. The molecule has 0 radical (unpaired) electrons. The molecule has 21 heavy (non-hydrogen) atoms. The highest BCUT2D eigenvalue weighted by Crippen LogP contribution is 2.27. The number of fused-ring (bicyclic) bond motifs is 1. The maximum atomic E-state index is 10.8. The number of carboxylic acids is 1. The molecule has 0 fully saturated rings. The van der Waals surface area contributed by atoms with Crippen molar-refractivity contribution in [3.8, 4) is 0 Å². The normalized spacial score (nSPS) is 11.1. The highest BCUT2D eigenvalue weighted by molar-refractivity contribution is 7.99. The third-order valence-electron chi connectivity index (χ3n) is 3.03. The van der Waals surface area contributed by atoms with Crippen LogP contribution in [0.2, 0.25) is 0 Å². The smallest absolute Gasteiger partial charge is 0.313 e. The largest absolute Gasteiger partial charge is 0.481 e. The molecule has 7 heteroatoms. The van der Waals surface area contributed by atoms with E-state index in [2.05, 4.69) is 14.5 Å². The van der Waals surface area contributed by atoms with Gasteiger partial charge in [0.1, 0.15) is 5.01 Å². The standard InChI is InChI=1S/C14H13N3O2S2/c1-9-3-2-4-10-13(9)17(7-11-15-5-6-20-11)14(16-10)21-8-12(18)19/h2-6H,7-8H2,1H3,(H,18,19). The lowest BCUT2D eigenvalue weighted by molar-refractivity contribution is -0.133. The van der Waals surface area contributed by atoms with Crippen LogP contribution in [0.5, 0.6) is 0 Å². The van der Waals surface area contributed by atoms with E-state index >= 15 is 0 Å². The zero-order valence-electron chi connectivity index (χ0n) is 11.3. The van der Waals surface area contributed by atoms with Crippen LogP contribution in [-0.4, -0.2) is 31.4 Å². The minimum absolute atomic E-state index is 0.000237. The Bertz CT molecular complexity index is 781. The van der Waals surface area contributed by atoms with E-state index in [1.54, 1.807) is 17.5 Å². The van der Waals surface area contributed by atoms with Gasteiger partial charge in [0, 0.05) is 11.6 Å². The molecule has 0 unspecified atom stereocenters. The van der Waals surface area contributed by atoms with Gasteiger partial charge in [0.25, 0.3) is 0 Å². The number of aliphatic carboxylic acids is 1. The van der Waals surface area contributed by atoms with Gasteiger partial charge < -0.3 is 9.67 Å². The molecule has 0 aliphatic carbocycles. The molecular weight excluding hydrogens is 306 g/mol. The summed E-state index contributed by atoms with van der Waals surface area (Å²) in [7, 11) is 0. The van der Waals surface area contributed by atoms with Gasteiger partial charge in [0.2, 0.25) is 0 Å². The predicted octanol–water partition coefficient (Wildman–Crippen LogP) is 3.03. The highest BCUT2D eigenvalue weighted by atomic mass is 32.2. The van der Waals surface area contributed by atoms with Crippen LogP contribution in [0.3, 0.4) is 0 Å². The monoisotopic (exact) mass is 319 g/mol. The molecule has 0 saturated carbocycles. The van der Waals surface area contributed by atoms with Crippen LogP contribution in [0, 0.1) is 6.92 Å². The molecule has 1 aromatic carbocycles. The average Bonchev–Trinajstić information content (AvgIpc) is 3.06. The van der Waals surface area contributed by atoms with Gasteiger partial charge in [0.05, 0.1) is 23.3 Å². The van der Waals surface area contributed by atoms with Crippen molar-refractivity contribution in [2.24, 2.45) is 0 Å². The van der Waals surface area contributed by atoms with E-state index in [9.17, 15) is 4.79 Å². The predicted molar refractivity (Wildman–Crippen MR) is 84.0 cm³/mol. The number of carbonyl (C=O) groups is 1. The molecule has 0 atom stereocenters. The van der Waals surface area contributed by atoms with Crippen LogP contribution in [-0.2, 0) is 11.3 Å². The Morgan fingerprint density at radius 2 is 2.33 bits per heavy atom. The van der Waals surface area contributed by atoms with E-state index < -0.39 is 5.97 Å². The second-order valence-electron chi connectivity index (χ2n) is 4.53. The van der Waals surface area contributed by atoms with E-state index in [1.165, 1.54) is 11.8 Å². The summed E-state index contributed by atoms with van der Waals surface area (Å²) in [6, 6.07) is 5.95. The third kappa shape index (κ3) is 2.93. The summed E-state index contributed by atoms with van der Waals surface area (Å²) in [6.45, 7) is 2.65. The number of imidazole rings is 1. The molecule has 0 saturated heterocycles. The number of benzene rings is 1. The number of nitrogens with zero attached hydrogens (tertiary/aromatic N) is 3. The van der Waals surface area contributed by atoms with Crippen molar-refractivity contribution in [1.82, 2.24) is 14.5 Å². The molecule has 3 rings (SSSR count). The van der Waals surface area contributed by atoms with Crippen molar-refractivity contribution in [1.29, 1.82) is 0 Å². The summed E-state index contributed by atoms with van der Waals surface area (Å²) in [5.74, 6) is -0.843. The Hall–Kier alpha value is -1.86. The molecule has 2 aromatic heterocycles. The second kappa shape index (κ2) is 5.87. The first-order valence-electron chi connectivity index (χ1n) is 6.34. The number of carboxylic acid groups (broad SMARTS) is 1. The molecule has 2 heterocycles. The maximum Gasteiger partial charge on any atom is 0.313 e. The van der Waals surface area contributed by atoms with Crippen LogP contribution in [0.4, 0.5) is 0 Å². The topological polar surface area (TPSA) is 68.0 Å². The first-order chi connectivity index (χ1) is 10.1. The van der Waals surface area contributed by atoms with Crippen LogP contribution in [0.25, 0.3) is 11.0 Å². The van der Waals surface area contributed by atoms with Gasteiger partial charge in [0.15, 0.2) is 5.16 Å². The Balaban J connectivity index is 2.07. The fourth-order valence-corrected chi connectivity index (χ4v) is 3.52. The Labute approximate surface area is 129 Å². The van der Waals surface area contributed by atoms with Gasteiger partial charge in [-0.25, -0.2) is 9.97 Å². The van der Waals surface area contributed by atoms with Crippen molar-refractivity contribution in [2.45, 2.75) is 18.6 Å². The van der Waals surface area contributed by atoms with Crippen LogP contribution in [0.15, 0.2) is 34.9 Å². The summed E-state index contributed by atoms with van der Waals surface area (Å²) in [5.41, 5.74) is 3.05. The van der Waals surface area contributed by atoms with Gasteiger partial charge >= 0.3 is 5.97 Å². The fourth-order valence-electron chi connectivity index (χ4n) is 2.19. The second-order valence-corrected chi connectivity index (χ2v) is 6.45. The molecule has 5 nitrogen and oxygen atoms in total. The molecule has 0 bridgehead atoms. The van der Waals surface area contributed by atoms with E-state index in [0.717, 1.165) is 26.8 Å². The molecule has 0 aliphatic rings. The number of hydrogen-bond donors (Lipinski definition) is 1. The summed E-state index contributed by atoms with van der Waals surface area (Å²) in [6.07, 6.45) is 1.77. The van der Waals surface area contributed by atoms with Gasteiger partial charge in [-0.15, -0.1) is 11.3 Å². The number of hydrogen-bond acceptors (Lipinski definition) is 5. The Kier molecular flexibility index (Phi) is 3.94. The van der Waals surface area contributed by atoms with Gasteiger partial charge in [-0.1, -0.05) is 23.9 Å². The zero-order chi connectivity index (χ0) is 14.8. The van der Waals surface area contributed by atoms with Crippen molar-refractivity contribution in [3.05, 3.63) is 40.3 Å². The van der Waals surface area contributed by atoms with Crippen LogP contribution in [0.1, 0.15) is 10.6 Å². The number of thioether (sulfide) groups is 1. The maximum absolute atomic E-state index is 10.8. The third-order valence-corrected chi connectivity index (χ3v) is 4.76. The first-order valence-corrected chi connectivity index (χ1v) is 8.20. The van der Waals surface area contributed by atoms with Gasteiger partial charge in [-0.05, 0) is 18.6 Å². The molecule has 0 aliphatic heterocycles. The molecule has 1 N–H and O–H groups in total. The zero-order valence-corrected chi connectivity index (χ0v) is 12.9. The average molecular weight is 319 g/mol. The summed E-state index contributed by atoms with van der Waals surface area (Å²) >= 11 is 2.82. The minimum Gasteiger partial charge on any atom is -0.481 e. The number of rotatable bonds is 5. The van der Waals surface area contributed by atoms with E-state index in [1.807, 2.05) is 30.5 Å². The summed E-state index contributed by atoms with van der Waals surface area (Å²) in [4.78, 5) is 19.7. The van der Waals surface area contributed by atoms with Crippen molar-refractivity contribution in [2.75, 3.05) is 5.75 Å². The lowest BCUT2D eigenvalue weighted by atomic mass is 10.2. The van der Waals surface area contributed by atoms with Crippen LogP contribution >= 0.6 is 23.1 Å². The van der Waals surface area contributed by atoms with Gasteiger partial charge in [-0.3, -0.25) is 4.79 Å². The molecule has 0 spiro atoms. The lowest BCUT2D eigenvalue weighted by Crippen LogP contribution is -2.04.